The van der Waals surface area contributed by atoms with E-state index >= 15 is 0 Å². The van der Waals surface area contributed by atoms with Crippen molar-refractivity contribution in [3.05, 3.63) is 71.4 Å². The van der Waals surface area contributed by atoms with Gasteiger partial charge in [0.2, 0.25) is 0 Å². The van der Waals surface area contributed by atoms with E-state index in [1.54, 1.807) is 36.4 Å². The summed E-state index contributed by atoms with van der Waals surface area (Å²) in [6.07, 6.45) is -3.58. The van der Waals surface area contributed by atoms with Crippen LogP contribution in [0.15, 0.2) is 60.9 Å². The summed E-state index contributed by atoms with van der Waals surface area (Å²) >= 11 is 11.4. The Balaban J connectivity index is 2.34. The molecule has 2 aromatic rings. The number of alkyl halides is 4. The van der Waals surface area contributed by atoms with Crippen LogP contribution in [-0.2, 0) is 0 Å². The first-order valence-electron chi connectivity index (χ1n) is 6.26. The van der Waals surface area contributed by atoms with Gasteiger partial charge >= 0.3 is 6.18 Å². The summed E-state index contributed by atoms with van der Waals surface area (Å²) in [4.78, 5) is 0. The summed E-state index contributed by atoms with van der Waals surface area (Å²) in [6.45, 7) is 0. The smallest absolute Gasteiger partial charge is 0.409 e. The van der Waals surface area contributed by atoms with E-state index < -0.39 is 11.6 Å². The fraction of sp³-hybridized carbons (Fsp3) is 0.125. The maximum absolute atomic E-state index is 12.9. The summed E-state index contributed by atoms with van der Waals surface area (Å²) in [5.41, 5.74) is 0.164. The van der Waals surface area contributed by atoms with E-state index in [1.807, 2.05) is 0 Å². The normalized spacial score (nSPS) is 13.8. The molecular formula is C16H11Cl2F3O. The van der Waals surface area contributed by atoms with E-state index in [1.165, 1.54) is 18.2 Å². The van der Waals surface area contributed by atoms with Crippen LogP contribution in [0.25, 0.3) is 5.57 Å². The lowest BCUT2D eigenvalue weighted by molar-refractivity contribution is -0.119. The van der Waals surface area contributed by atoms with E-state index in [4.69, 9.17) is 27.9 Å². The highest BCUT2D eigenvalue weighted by Gasteiger charge is 2.41. The highest BCUT2D eigenvalue weighted by atomic mass is 35.5. The Morgan fingerprint density at radius 2 is 1.73 bits per heavy atom. The Hall–Kier alpha value is -1.65. The van der Waals surface area contributed by atoms with Crippen LogP contribution in [-0.4, -0.2) is 11.6 Å². The second-order valence-corrected chi connectivity index (χ2v) is 5.29. The minimum Gasteiger partial charge on any atom is -0.465 e. The average molecular weight is 347 g/mol. The predicted octanol–water partition coefficient (Wildman–Crippen LogP) is 5.93. The van der Waals surface area contributed by atoms with Crippen LogP contribution >= 0.6 is 23.2 Å². The van der Waals surface area contributed by atoms with Crippen molar-refractivity contribution in [2.75, 3.05) is 0 Å². The number of hydrogen-bond donors (Lipinski definition) is 0. The van der Waals surface area contributed by atoms with Gasteiger partial charge in [-0.25, -0.2) is 0 Å². The Morgan fingerprint density at radius 1 is 1.05 bits per heavy atom. The van der Waals surface area contributed by atoms with E-state index in [2.05, 4.69) is 0 Å². The van der Waals surface area contributed by atoms with Gasteiger partial charge in [0, 0.05) is 10.6 Å². The van der Waals surface area contributed by atoms with Crippen LogP contribution in [0.5, 0.6) is 5.75 Å². The van der Waals surface area contributed by atoms with Gasteiger partial charge in [0.05, 0.1) is 6.26 Å². The SMILES string of the molecule is FC(F)(F)C(Cl)/C(=C\Oc1cccc(Cl)c1)c1ccccc1. The molecular weight excluding hydrogens is 336 g/mol. The summed E-state index contributed by atoms with van der Waals surface area (Å²) in [7, 11) is 0. The Labute approximate surface area is 135 Å². The molecule has 2 rings (SSSR count). The molecule has 2 aromatic carbocycles. The summed E-state index contributed by atoms with van der Waals surface area (Å²) in [5, 5.41) is -1.75. The highest BCUT2D eigenvalue weighted by Crippen LogP contribution is 2.35. The summed E-state index contributed by atoms with van der Waals surface area (Å²) < 4.78 is 44.1. The van der Waals surface area contributed by atoms with Crippen LogP contribution in [0.2, 0.25) is 5.02 Å². The third kappa shape index (κ3) is 4.42. The van der Waals surface area contributed by atoms with Crippen molar-refractivity contribution >= 4 is 28.8 Å². The largest absolute Gasteiger partial charge is 0.465 e. The summed E-state index contributed by atoms with van der Waals surface area (Å²) in [5.74, 6) is 0.326. The zero-order chi connectivity index (χ0) is 16.2. The van der Waals surface area contributed by atoms with Crippen LogP contribution in [0, 0.1) is 0 Å². The van der Waals surface area contributed by atoms with E-state index in [-0.39, 0.29) is 5.57 Å². The van der Waals surface area contributed by atoms with Crippen molar-refractivity contribution in [2.45, 2.75) is 11.6 Å². The quantitative estimate of drug-likeness (QED) is 0.492. The molecule has 116 valence electrons. The van der Waals surface area contributed by atoms with Gasteiger partial charge in [-0.1, -0.05) is 48.0 Å². The Bertz CT molecular complexity index is 654. The predicted molar refractivity (Wildman–Crippen MR) is 82.2 cm³/mol. The lowest BCUT2D eigenvalue weighted by atomic mass is 10.0. The number of hydrogen-bond acceptors (Lipinski definition) is 1. The number of benzene rings is 2. The Kier molecular flexibility index (Phi) is 5.37. The van der Waals surface area contributed by atoms with Crippen LogP contribution in [0.3, 0.4) is 0 Å². The van der Waals surface area contributed by atoms with Crippen LogP contribution in [0.1, 0.15) is 5.56 Å². The maximum atomic E-state index is 12.9. The molecule has 0 saturated heterocycles. The molecule has 0 bridgehead atoms. The number of ether oxygens (including phenoxy) is 1. The molecule has 0 aliphatic carbocycles. The first-order chi connectivity index (χ1) is 10.4. The monoisotopic (exact) mass is 346 g/mol. The van der Waals surface area contributed by atoms with Crippen molar-refractivity contribution in [3.8, 4) is 5.75 Å². The van der Waals surface area contributed by atoms with Crippen molar-refractivity contribution in [3.63, 3.8) is 0 Å². The average Bonchev–Trinajstić information content (AvgIpc) is 2.47. The third-order valence-electron chi connectivity index (χ3n) is 2.79. The van der Waals surface area contributed by atoms with Gasteiger partial charge in [0.25, 0.3) is 0 Å². The molecule has 0 aliphatic heterocycles. The molecule has 0 aliphatic rings. The lowest BCUT2D eigenvalue weighted by Gasteiger charge is -2.17. The third-order valence-corrected chi connectivity index (χ3v) is 3.50. The molecule has 1 atom stereocenters. The molecule has 0 fully saturated rings. The molecule has 0 spiro atoms. The molecule has 0 N–H and O–H groups in total. The molecule has 0 heterocycles. The first kappa shape index (κ1) is 16.7. The first-order valence-corrected chi connectivity index (χ1v) is 7.08. The van der Waals surface area contributed by atoms with Crippen LogP contribution in [0.4, 0.5) is 13.2 Å². The molecule has 22 heavy (non-hydrogen) atoms. The summed E-state index contributed by atoms with van der Waals surface area (Å²) in [6, 6.07) is 14.4. The molecule has 1 nitrogen and oxygen atoms in total. The zero-order valence-corrected chi connectivity index (χ0v) is 12.7. The fourth-order valence-electron chi connectivity index (χ4n) is 1.75. The lowest BCUT2D eigenvalue weighted by Crippen LogP contribution is -2.25. The molecule has 1 unspecified atom stereocenters. The minimum absolute atomic E-state index is 0.172. The maximum Gasteiger partial charge on any atom is 0.409 e. The van der Waals surface area contributed by atoms with E-state index in [0.717, 1.165) is 6.26 Å². The molecule has 0 aromatic heterocycles. The molecule has 0 radical (unpaired) electrons. The van der Waals surface area contributed by atoms with Gasteiger partial charge in [0.15, 0.2) is 5.38 Å². The second kappa shape index (κ2) is 7.07. The zero-order valence-electron chi connectivity index (χ0n) is 11.1. The fourth-order valence-corrected chi connectivity index (χ4v) is 2.11. The van der Waals surface area contributed by atoms with Gasteiger partial charge < -0.3 is 4.74 Å². The van der Waals surface area contributed by atoms with Crippen molar-refractivity contribution in [1.82, 2.24) is 0 Å². The molecule has 0 amide bonds. The Morgan fingerprint density at radius 3 is 2.32 bits per heavy atom. The van der Waals surface area contributed by atoms with Gasteiger partial charge in [-0.05, 0) is 23.8 Å². The van der Waals surface area contributed by atoms with E-state index in [0.29, 0.717) is 16.3 Å². The van der Waals surface area contributed by atoms with E-state index in [9.17, 15) is 13.2 Å². The minimum atomic E-state index is -4.58. The van der Waals surface area contributed by atoms with Gasteiger partial charge in [-0.15, -0.1) is 11.6 Å². The number of rotatable bonds is 4. The standard InChI is InChI=1S/C16H11Cl2F3O/c17-12-7-4-8-13(9-12)22-10-14(15(18)16(19,20)21)11-5-2-1-3-6-11/h1-10,15H/b14-10-. The van der Waals surface area contributed by atoms with Gasteiger partial charge in [-0.2, -0.15) is 13.2 Å². The van der Waals surface area contributed by atoms with Gasteiger partial charge in [-0.3, -0.25) is 0 Å². The topological polar surface area (TPSA) is 9.23 Å². The van der Waals surface area contributed by atoms with Crippen molar-refractivity contribution < 1.29 is 17.9 Å². The highest BCUT2D eigenvalue weighted by molar-refractivity contribution is 6.30. The van der Waals surface area contributed by atoms with Crippen LogP contribution < -0.4 is 4.74 Å². The number of allylic oxidation sites excluding steroid dienone is 1. The second-order valence-electron chi connectivity index (χ2n) is 4.42. The van der Waals surface area contributed by atoms with Crippen molar-refractivity contribution in [1.29, 1.82) is 0 Å². The van der Waals surface area contributed by atoms with Gasteiger partial charge in [0.1, 0.15) is 5.75 Å². The number of halogens is 5. The van der Waals surface area contributed by atoms with Crippen molar-refractivity contribution in [2.24, 2.45) is 0 Å². The molecule has 0 saturated carbocycles. The molecule has 6 heteroatoms.